The third-order valence-corrected chi connectivity index (χ3v) is 5.35. The Morgan fingerprint density at radius 1 is 1.38 bits per heavy atom. The lowest BCUT2D eigenvalue weighted by atomic mass is 10.0. The molecule has 1 aromatic carbocycles. The van der Waals surface area contributed by atoms with Crippen LogP contribution in [0.25, 0.3) is 0 Å². The van der Waals surface area contributed by atoms with Crippen LogP contribution < -0.4 is 5.32 Å². The Morgan fingerprint density at radius 3 is 3.04 bits per heavy atom. The predicted molar refractivity (Wildman–Crippen MR) is 89.0 cm³/mol. The average Bonchev–Trinajstić information content (AvgIpc) is 3.41. The van der Waals surface area contributed by atoms with Gasteiger partial charge in [0.2, 0.25) is 5.91 Å². The van der Waals surface area contributed by atoms with E-state index in [1.165, 1.54) is 0 Å². The summed E-state index contributed by atoms with van der Waals surface area (Å²) in [7, 11) is 0. The molecule has 0 unspecified atom stereocenters. The van der Waals surface area contributed by atoms with Gasteiger partial charge in [0.1, 0.15) is 0 Å². The standard InChI is InChI=1S/C19H23N3O2/c20-10-13-3-1-4-14(9-13)11-22-12-16(21-19(23)15-6-7-15)18-17(22)5-2-8-24-18/h1,3-4,9,15-18H,2,5-8,11-12H2,(H,21,23)/t16-,17-,18-/m1/s1. The number of amides is 1. The van der Waals surface area contributed by atoms with Gasteiger partial charge < -0.3 is 10.1 Å². The van der Waals surface area contributed by atoms with Crippen molar-refractivity contribution in [1.82, 2.24) is 10.2 Å². The van der Waals surface area contributed by atoms with E-state index in [0.29, 0.717) is 11.6 Å². The number of carbonyl (C=O) groups excluding carboxylic acids is 1. The maximum Gasteiger partial charge on any atom is 0.223 e. The molecule has 5 heteroatoms. The highest BCUT2D eigenvalue weighted by Gasteiger charge is 2.45. The van der Waals surface area contributed by atoms with E-state index in [4.69, 9.17) is 10.00 Å². The Balaban J connectivity index is 1.47. The van der Waals surface area contributed by atoms with Gasteiger partial charge in [-0.1, -0.05) is 12.1 Å². The quantitative estimate of drug-likeness (QED) is 0.917. The molecule has 1 saturated carbocycles. The summed E-state index contributed by atoms with van der Waals surface area (Å²) in [5, 5.41) is 12.3. The average molecular weight is 325 g/mol. The van der Waals surface area contributed by atoms with E-state index in [0.717, 1.165) is 50.9 Å². The van der Waals surface area contributed by atoms with Crippen molar-refractivity contribution in [1.29, 1.82) is 5.26 Å². The van der Waals surface area contributed by atoms with Crippen LogP contribution in [-0.2, 0) is 16.1 Å². The summed E-state index contributed by atoms with van der Waals surface area (Å²) in [6, 6.07) is 10.4. The van der Waals surface area contributed by atoms with Gasteiger partial charge in [0.05, 0.1) is 23.8 Å². The molecule has 1 aliphatic carbocycles. The molecule has 1 amide bonds. The zero-order valence-electron chi connectivity index (χ0n) is 13.8. The highest BCUT2D eigenvalue weighted by Crippen LogP contribution is 2.33. The van der Waals surface area contributed by atoms with E-state index in [-0.39, 0.29) is 24.0 Å². The summed E-state index contributed by atoms with van der Waals surface area (Å²) in [6.07, 6.45) is 4.33. The largest absolute Gasteiger partial charge is 0.374 e. The number of ether oxygens (including phenoxy) is 1. The maximum atomic E-state index is 12.2. The predicted octanol–water partition coefficient (Wildman–Crippen LogP) is 1.82. The second kappa shape index (κ2) is 6.54. The van der Waals surface area contributed by atoms with Gasteiger partial charge in [-0.25, -0.2) is 0 Å². The number of likely N-dealkylation sites (tertiary alicyclic amines) is 1. The van der Waals surface area contributed by atoms with Crippen LogP contribution >= 0.6 is 0 Å². The third-order valence-electron chi connectivity index (χ3n) is 5.35. The van der Waals surface area contributed by atoms with Gasteiger partial charge in [0.15, 0.2) is 0 Å². The summed E-state index contributed by atoms with van der Waals surface area (Å²) in [6.45, 7) is 2.41. The van der Waals surface area contributed by atoms with E-state index < -0.39 is 0 Å². The first-order chi connectivity index (χ1) is 11.7. The molecular weight excluding hydrogens is 302 g/mol. The molecule has 3 aliphatic rings. The summed E-state index contributed by atoms with van der Waals surface area (Å²) in [5.41, 5.74) is 1.84. The number of hydrogen-bond donors (Lipinski definition) is 1. The van der Waals surface area contributed by atoms with E-state index in [1.54, 1.807) is 0 Å². The van der Waals surface area contributed by atoms with Crippen LogP contribution in [0.5, 0.6) is 0 Å². The van der Waals surface area contributed by atoms with Crippen LogP contribution in [0.1, 0.15) is 36.8 Å². The van der Waals surface area contributed by atoms with Gasteiger partial charge in [-0.05, 0) is 43.4 Å². The maximum absolute atomic E-state index is 12.2. The fraction of sp³-hybridized carbons (Fsp3) is 0.579. The van der Waals surface area contributed by atoms with Crippen molar-refractivity contribution in [3.8, 4) is 6.07 Å². The van der Waals surface area contributed by atoms with Crippen molar-refractivity contribution in [2.45, 2.75) is 50.4 Å². The lowest BCUT2D eigenvalue weighted by Crippen LogP contribution is -2.48. The number of nitrogens with zero attached hydrogens (tertiary/aromatic N) is 2. The molecule has 0 radical (unpaired) electrons. The molecule has 1 N–H and O–H groups in total. The Bertz CT molecular complexity index is 665. The van der Waals surface area contributed by atoms with Gasteiger partial charge in [0.25, 0.3) is 0 Å². The van der Waals surface area contributed by atoms with Crippen molar-refractivity contribution in [3.05, 3.63) is 35.4 Å². The number of carbonyl (C=O) groups is 1. The monoisotopic (exact) mass is 325 g/mol. The van der Waals surface area contributed by atoms with Crippen LogP contribution in [0.15, 0.2) is 24.3 Å². The van der Waals surface area contributed by atoms with Gasteiger partial charge in [0, 0.05) is 31.7 Å². The van der Waals surface area contributed by atoms with E-state index in [2.05, 4.69) is 22.4 Å². The normalized spacial score (nSPS) is 29.7. The number of nitriles is 1. The van der Waals surface area contributed by atoms with Gasteiger partial charge in [-0.15, -0.1) is 0 Å². The topological polar surface area (TPSA) is 65.4 Å². The van der Waals surface area contributed by atoms with Crippen molar-refractivity contribution >= 4 is 5.91 Å². The van der Waals surface area contributed by atoms with E-state index in [9.17, 15) is 4.79 Å². The van der Waals surface area contributed by atoms with Crippen molar-refractivity contribution in [2.75, 3.05) is 13.2 Å². The van der Waals surface area contributed by atoms with E-state index in [1.807, 2.05) is 18.2 Å². The molecule has 3 atom stereocenters. The molecule has 0 spiro atoms. The van der Waals surface area contributed by atoms with E-state index >= 15 is 0 Å². The molecule has 0 bridgehead atoms. The second-order valence-electron chi connectivity index (χ2n) is 7.18. The molecule has 2 heterocycles. The molecule has 2 saturated heterocycles. The summed E-state index contributed by atoms with van der Waals surface area (Å²) >= 11 is 0. The van der Waals surface area contributed by atoms with Crippen LogP contribution in [0.4, 0.5) is 0 Å². The number of rotatable bonds is 4. The molecule has 24 heavy (non-hydrogen) atoms. The lowest BCUT2D eigenvalue weighted by Gasteiger charge is -2.32. The van der Waals surface area contributed by atoms with Crippen LogP contribution in [0, 0.1) is 17.2 Å². The Morgan fingerprint density at radius 2 is 2.25 bits per heavy atom. The molecule has 1 aromatic rings. The van der Waals surface area contributed by atoms with Crippen LogP contribution in [0.2, 0.25) is 0 Å². The molecule has 5 nitrogen and oxygen atoms in total. The third kappa shape index (κ3) is 3.17. The van der Waals surface area contributed by atoms with Crippen molar-refractivity contribution in [3.63, 3.8) is 0 Å². The first-order valence-electron chi connectivity index (χ1n) is 8.89. The minimum absolute atomic E-state index is 0.0857. The molecule has 2 aliphatic heterocycles. The fourth-order valence-electron chi connectivity index (χ4n) is 3.98. The first-order valence-corrected chi connectivity index (χ1v) is 8.89. The summed E-state index contributed by atoms with van der Waals surface area (Å²) in [5.74, 6) is 0.426. The number of nitrogens with one attached hydrogen (secondary N) is 1. The fourth-order valence-corrected chi connectivity index (χ4v) is 3.98. The zero-order chi connectivity index (χ0) is 16.5. The highest BCUT2D eigenvalue weighted by molar-refractivity contribution is 5.81. The minimum atomic E-state index is 0.0857. The molecule has 4 rings (SSSR count). The van der Waals surface area contributed by atoms with Gasteiger partial charge in [-0.3, -0.25) is 9.69 Å². The van der Waals surface area contributed by atoms with Gasteiger partial charge in [-0.2, -0.15) is 5.26 Å². The molecule has 126 valence electrons. The molecular formula is C19H23N3O2. The Labute approximate surface area is 142 Å². The number of benzene rings is 1. The Kier molecular flexibility index (Phi) is 4.26. The summed E-state index contributed by atoms with van der Waals surface area (Å²) < 4.78 is 6.02. The van der Waals surface area contributed by atoms with Crippen LogP contribution in [-0.4, -0.2) is 42.1 Å². The minimum Gasteiger partial charge on any atom is -0.374 e. The zero-order valence-corrected chi connectivity index (χ0v) is 13.8. The van der Waals surface area contributed by atoms with Crippen molar-refractivity contribution < 1.29 is 9.53 Å². The first kappa shape index (κ1) is 15.6. The lowest BCUT2D eigenvalue weighted by molar-refractivity contribution is -0.124. The molecule has 0 aromatic heterocycles. The van der Waals surface area contributed by atoms with Crippen LogP contribution in [0.3, 0.4) is 0 Å². The SMILES string of the molecule is N#Cc1cccc(CN2C[C@@H](NC(=O)C3CC3)[C@H]3OCCC[C@H]32)c1. The summed E-state index contributed by atoms with van der Waals surface area (Å²) in [4.78, 5) is 14.6. The number of fused-ring (bicyclic) bond motifs is 1. The van der Waals surface area contributed by atoms with Gasteiger partial charge >= 0.3 is 0 Å². The van der Waals surface area contributed by atoms with Crippen molar-refractivity contribution in [2.24, 2.45) is 5.92 Å². The number of hydrogen-bond acceptors (Lipinski definition) is 4. The smallest absolute Gasteiger partial charge is 0.223 e. The highest BCUT2D eigenvalue weighted by atomic mass is 16.5. The molecule has 3 fully saturated rings. The second-order valence-corrected chi connectivity index (χ2v) is 7.18. The Hall–Kier alpha value is -1.90.